The minimum atomic E-state index is -0.539. The second-order valence-electron chi connectivity index (χ2n) is 4.98. The van der Waals surface area contributed by atoms with E-state index in [0.29, 0.717) is 5.75 Å². The molecule has 0 aliphatic heterocycles. The van der Waals surface area contributed by atoms with E-state index in [9.17, 15) is 9.59 Å². The Hall–Kier alpha value is -1.95. The SMILES string of the molecule is COc1ccc(CC(=O)OCC(=O)Nc2cc(Cl)c(Cl)cc2Cl)cc1. The van der Waals surface area contributed by atoms with Crippen molar-refractivity contribution in [3.05, 3.63) is 57.0 Å². The molecule has 0 aliphatic rings. The number of nitrogens with one attached hydrogen (secondary N) is 1. The monoisotopic (exact) mass is 401 g/mol. The molecule has 2 aromatic carbocycles. The van der Waals surface area contributed by atoms with Gasteiger partial charge < -0.3 is 14.8 Å². The van der Waals surface area contributed by atoms with Crippen LogP contribution < -0.4 is 10.1 Å². The molecule has 5 nitrogen and oxygen atoms in total. The van der Waals surface area contributed by atoms with E-state index in [1.165, 1.54) is 12.1 Å². The second kappa shape index (κ2) is 8.94. The normalized spacial score (nSPS) is 10.2. The van der Waals surface area contributed by atoms with Crippen molar-refractivity contribution in [1.82, 2.24) is 0 Å². The van der Waals surface area contributed by atoms with Crippen molar-refractivity contribution in [3.63, 3.8) is 0 Å². The molecule has 0 fully saturated rings. The van der Waals surface area contributed by atoms with E-state index in [2.05, 4.69) is 5.32 Å². The van der Waals surface area contributed by atoms with Crippen LogP contribution in [0, 0.1) is 0 Å². The molecule has 0 heterocycles. The number of ether oxygens (including phenoxy) is 2. The van der Waals surface area contributed by atoms with Crippen molar-refractivity contribution < 1.29 is 19.1 Å². The van der Waals surface area contributed by atoms with Crippen LogP contribution in [0.25, 0.3) is 0 Å². The summed E-state index contributed by atoms with van der Waals surface area (Å²) >= 11 is 17.7. The van der Waals surface area contributed by atoms with Gasteiger partial charge in [-0.1, -0.05) is 46.9 Å². The maximum Gasteiger partial charge on any atom is 0.310 e. The maximum atomic E-state index is 11.9. The number of benzene rings is 2. The van der Waals surface area contributed by atoms with Crippen LogP contribution in [0.1, 0.15) is 5.56 Å². The lowest BCUT2D eigenvalue weighted by Crippen LogP contribution is -2.21. The fourth-order valence-electron chi connectivity index (χ4n) is 1.91. The number of hydrogen-bond acceptors (Lipinski definition) is 4. The number of rotatable bonds is 6. The van der Waals surface area contributed by atoms with Crippen molar-refractivity contribution >= 4 is 52.4 Å². The number of methoxy groups -OCH3 is 1. The smallest absolute Gasteiger partial charge is 0.310 e. The average Bonchev–Trinajstić information content (AvgIpc) is 2.58. The third-order valence-electron chi connectivity index (χ3n) is 3.16. The van der Waals surface area contributed by atoms with Crippen molar-refractivity contribution in [2.45, 2.75) is 6.42 Å². The summed E-state index contributed by atoms with van der Waals surface area (Å²) in [5.74, 6) is -0.376. The molecule has 0 saturated heterocycles. The Morgan fingerprint density at radius 2 is 1.64 bits per heavy atom. The van der Waals surface area contributed by atoms with Crippen LogP contribution in [-0.4, -0.2) is 25.6 Å². The summed E-state index contributed by atoms with van der Waals surface area (Å²) in [4.78, 5) is 23.7. The van der Waals surface area contributed by atoms with Crippen LogP contribution in [-0.2, 0) is 20.7 Å². The van der Waals surface area contributed by atoms with Gasteiger partial charge in [-0.3, -0.25) is 9.59 Å². The summed E-state index contributed by atoms with van der Waals surface area (Å²) in [5, 5.41) is 3.26. The van der Waals surface area contributed by atoms with Gasteiger partial charge in [0.1, 0.15) is 5.75 Å². The molecular weight excluding hydrogens is 389 g/mol. The molecule has 0 aliphatic carbocycles. The lowest BCUT2D eigenvalue weighted by molar-refractivity contribution is -0.146. The molecule has 0 unspecified atom stereocenters. The first-order valence-electron chi connectivity index (χ1n) is 7.12. The summed E-state index contributed by atoms with van der Waals surface area (Å²) in [6, 6.07) is 9.80. The molecule has 0 aromatic heterocycles. The molecule has 0 radical (unpaired) electrons. The topological polar surface area (TPSA) is 64.6 Å². The van der Waals surface area contributed by atoms with Gasteiger partial charge in [-0.05, 0) is 29.8 Å². The highest BCUT2D eigenvalue weighted by Gasteiger charge is 2.12. The molecule has 0 spiro atoms. The zero-order valence-corrected chi connectivity index (χ0v) is 15.4. The lowest BCUT2D eigenvalue weighted by Gasteiger charge is -2.09. The van der Waals surface area contributed by atoms with Gasteiger partial charge in [0, 0.05) is 0 Å². The number of hydrogen-bond donors (Lipinski definition) is 1. The molecule has 8 heteroatoms. The molecule has 1 amide bonds. The van der Waals surface area contributed by atoms with Gasteiger partial charge in [-0.25, -0.2) is 0 Å². The van der Waals surface area contributed by atoms with Gasteiger partial charge in [0.15, 0.2) is 6.61 Å². The van der Waals surface area contributed by atoms with E-state index in [1.807, 2.05) is 0 Å². The van der Waals surface area contributed by atoms with Crippen LogP contribution in [0.3, 0.4) is 0 Å². The minimum absolute atomic E-state index is 0.0464. The third kappa shape index (κ3) is 5.81. The number of esters is 1. The van der Waals surface area contributed by atoms with Crippen molar-refractivity contribution in [2.75, 3.05) is 19.0 Å². The van der Waals surface area contributed by atoms with Crippen LogP contribution in [0.15, 0.2) is 36.4 Å². The Labute approximate surface area is 159 Å². The van der Waals surface area contributed by atoms with Gasteiger partial charge in [0.05, 0.1) is 34.3 Å². The molecule has 132 valence electrons. The molecule has 0 atom stereocenters. The Kier molecular flexibility index (Phi) is 6.93. The van der Waals surface area contributed by atoms with Gasteiger partial charge in [0.25, 0.3) is 5.91 Å². The van der Waals surface area contributed by atoms with E-state index in [0.717, 1.165) is 5.56 Å². The van der Waals surface area contributed by atoms with E-state index < -0.39 is 18.5 Å². The number of carbonyl (C=O) groups excluding carboxylic acids is 2. The Morgan fingerprint density at radius 1 is 1.00 bits per heavy atom. The highest BCUT2D eigenvalue weighted by molar-refractivity contribution is 6.44. The molecule has 1 N–H and O–H groups in total. The number of carbonyl (C=O) groups is 2. The first-order valence-corrected chi connectivity index (χ1v) is 8.25. The summed E-state index contributed by atoms with van der Waals surface area (Å²) in [7, 11) is 1.56. The summed E-state index contributed by atoms with van der Waals surface area (Å²) in [5.41, 5.74) is 1.03. The summed E-state index contributed by atoms with van der Waals surface area (Å²) < 4.78 is 9.98. The van der Waals surface area contributed by atoms with Crippen LogP contribution in [0.4, 0.5) is 5.69 Å². The molecular formula is C17H14Cl3NO4. The molecule has 0 saturated carbocycles. The standard InChI is InChI=1S/C17H14Cl3NO4/c1-24-11-4-2-10(3-5-11)6-17(23)25-9-16(22)21-15-8-13(19)12(18)7-14(15)20/h2-5,7-8H,6,9H2,1H3,(H,21,22). The van der Waals surface area contributed by atoms with Gasteiger partial charge in [-0.15, -0.1) is 0 Å². The van der Waals surface area contributed by atoms with Gasteiger partial charge >= 0.3 is 5.97 Å². The lowest BCUT2D eigenvalue weighted by atomic mass is 10.1. The van der Waals surface area contributed by atoms with Crippen LogP contribution in [0.2, 0.25) is 15.1 Å². The zero-order chi connectivity index (χ0) is 18.4. The van der Waals surface area contributed by atoms with Crippen molar-refractivity contribution in [3.8, 4) is 5.75 Å². The van der Waals surface area contributed by atoms with E-state index in [4.69, 9.17) is 44.3 Å². The fourth-order valence-corrected chi connectivity index (χ4v) is 2.51. The maximum absolute atomic E-state index is 11.9. The number of anilines is 1. The predicted octanol–water partition coefficient (Wildman–Crippen LogP) is 4.38. The zero-order valence-electron chi connectivity index (χ0n) is 13.1. The van der Waals surface area contributed by atoms with Gasteiger partial charge in [0.2, 0.25) is 0 Å². The Balaban J connectivity index is 1.84. The quantitative estimate of drug-likeness (QED) is 0.575. The molecule has 2 aromatic rings. The molecule has 2 rings (SSSR count). The van der Waals surface area contributed by atoms with Crippen molar-refractivity contribution in [2.24, 2.45) is 0 Å². The summed E-state index contributed by atoms with van der Waals surface area (Å²) in [6.07, 6.45) is 0.0464. The van der Waals surface area contributed by atoms with Gasteiger partial charge in [-0.2, -0.15) is 0 Å². The van der Waals surface area contributed by atoms with E-state index in [-0.39, 0.29) is 27.2 Å². The third-order valence-corrected chi connectivity index (χ3v) is 4.19. The number of halogens is 3. The Morgan fingerprint density at radius 3 is 2.28 bits per heavy atom. The Bertz CT molecular complexity index is 778. The molecule has 25 heavy (non-hydrogen) atoms. The highest BCUT2D eigenvalue weighted by Crippen LogP contribution is 2.32. The average molecular weight is 403 g/mol. The van der Waals surface area contributed by atoms with Crippen LogP contribution >= 0.6 is 34.8 Å². The van der Waals surface area contributed by atoms with E-state index >= 15 is 0 Å². The molecule has 0 bridgehead atoms. The van der Waals surface area contributed by atoms with E-state index in [1.54, 1.807) is 31.4 Å². The predicted molar refractivity (Wildman–Crippen MR) is 97.8 cm³/mol. The van der Waals surface area contributed by atoms with Crippen molar-refractivity contribution in [1.29, 1.82) is 0 Å². The largest absolute Gasteiger partial charge is 0.497 e. The second-order valence-corrected chi connectivity index (χ2v) is 6.20. The number of amides is 1. The first kappa shape index (κ1) is 19.4. The fraction of sp³-hybridized carbons (Fsp3) is 0.176. The first-order chi connectivity index (χ1) is 11.9. The minimum Gasteiger partial charge on any atom is -0.497 e. The summed E-state index contributed by atoms with van der Waals surface area (Å²) in [6.45, 7) is -0.439. The van der Waals surface area contributed by atoms with Crippen LogP contribution in [0.5, 0.6) is 5.75 Å². The highest BCUT2D eigenvalue weighted by atomic mass is 35.5.